The van der Waals surface area contributed by atoms with Crippen molar-refractivity contribution in [3.8, 4) is 5.69 Å². The predicted molar refractivity (Wildman–Crippen MR) is 73.6 cm³/mol. The van der Waals surface area contributed by atoms with Crippen molar-refractivity contribution in [2.24, 2.45) is 0 Å². The Bertz CT molecular complexity index is 868. The summed E-state index contributed by atoms with van der Waals surface area (Å²) in [5.74, 6) is -1.91. The van der Waals surface area contributed by atoms with Crippen LogP contribution in [0.15, 0.2) is 33.9 Å². The number of H-pyrrole nitrogens is 1. The average molecular weight is 346 g/mol. The third kappa shape index (κ3) is 3.36. The molecule has 0 spiro atoms. The Balaban J connectivity index is 2.65. The smallest absolute Gasteiger partial charge is 0.431 e. The number of nitrogens with zero attached hydrogens (tertiary/aromatic N) is 1. The van der Waals surface area contributed by atoms with E-state index in [1.54, 1.807) is 0 Å². The molecular formula is C14H10F4N2O4. The molecule has 0 aliphatic heterocycles. The number of nitrogens with one attached hydrogen (secondary N) is 1. The lowest BCUT2D eigenvalue weighted by molar-refractivity contribution is -0.141. The summed E-state index contributed by atoms with van der Waals surface area (Å²) >= 11 is 0. The van der Waals surface area contributed by atoms with Gasteiger partial charge in [0.25, 0.3) is 5.56 Å². The molecule has 0 aliphatic rings. The van der Waals surface area contributed by atoms with Gasteiger partial charge in [-0.2, -0.15) is 13.2 Å². The van der Waals surface area contributed by atoms with Gasteiger partial charge < -0.3 is 9.72 Å². The van der Waals surface area contributed by atoms with E-state index in [0.29, 0.717) is 0 Å². The summed E-state index contributed by atoms with van der Waals surface area (Å²) in [5.41, 5.74) is -5.28. The van der Waals surface area contributed by atoms with Crippen LogP contribution in [0.5, 0.6) is 0 Å². The van der Waals surface area contributed by atoms with E-state index in [2.05, 4.69) is 0 Å². The number of halogens is 4. The van der Waals surface area contributed by atoms with Gasteiger partial charge in [-0.15, -0.1) is 0 Å². The molecule has 10 heteroatoms. The molecule has 2 aromatic rings. The topological polar surface area (TPSA) is 81.2 Å². The van der Waals surface area contributed by atoms with Gasteiger partial charge >= 0.3 is 17.8 Å². The lowest BCUT2D eigenvalue weighted by Gasteiger charge is -2.10. The summed E-state index contributed by atoms with van der Waals surface area (Å²) in [6.45, 7) is 1.57. The van der Waals surface area contributed by atoms with E-state index in [0.717, 1.165) is 18.2 Å². The van der Waals surface area contributed by atoms with E-state index in [1.165, 1.54) is 11.9 Å². The van der Waals surface area contributed by atoms with Crippen LogP contribution in [0.1, 0.15) is 23.0 Å². The molecule has 1 aromatic carbocycles. The number of esters is 1. The normalized spacial score (nSPS) is 11.4. The Kier molecular flexibility index (Phi) is 4.58. The number of ether oxygens (including phenoxy) is 1. The van der Waals surface area contributed by atoms with Crippen molar-refractivity contribution in [2.45, 2.75) is 13.1 Å². The first-order valence-corrected chi connectivity index (χ1v) is 6.55. The molecule has 2 rings (SSSR count). The summed E-state index contributed by atoms with van der Waals surface area (Å²) < 4.78 is 56.5. The van der Waals surface area contributed by atoms with Crippen molar-refractivity contribution in [3.05, 3.63) is 62.2 Å². The molecule has 0 radical (unpaired) electrons. The molecule has 0 fully saturated rings. The van der Waals surface area contributed by atoms with Crippen LogP contribution in [-0.4, -0.2) is 22.1 Å². The van der Waals surface area contributed by atoms with Crippen molar-refractivity contribution in [3.63, 3.8) is 0 Å². The van der Waals surface area contributed by atoms with E-state index >= 15 is 0 Å². The molecular weight excluding hydrogens is 336 g/mol. The maximum atomic E-state index is 13.9. The van der Waals surface area contributed by atoms with Gasteiger partial charge in [0.1, 0.15) is 11.5 Å². The molecule has 1 heterocycles. The molecule has 0 atom stereocenters. The zero-order valence-electron chi connectivity index (χ0n) is 12.1. The maximum Gasteiger partial charge on any atom is 0.431 e. The molecule has 24 heavy (non-hydrogen) atoms. The highest BCUT2D eigenvalue weighted by Gasteiger charge is 2.33. The van der Waals surface area contributed by atoms with Gasteiger partial charge in [-0.3, -0.25) is 4.79 Å². The molecule has 0 aliphatic carbocycles. The highest BCUT2D eigenvalue weighted by atomic mass is 19.4. The van der Waals surface area contributed by atoms with E-state index in [4.69, 9.17) is 4.74 Å². The van der Waals surface area contributed by atoms with Crippen molar-refractivity contribution < 1.29 is 27.1 Å². The van der Waals surface area contributed by atoms with Crippen molar-refractivity contribution in [1.29, 1.82) is 0 Å². The fourth-order valence-electron chi connectivity index (χ4n) is 1.90. The number of hydrogen-bond acceptors (Lipinski definition) is 4. The Morgan fingerprint density at radius 3 is 2.46 bits per heavy atom. The molecule has 0 saturated heterocycles. The van der Waals surface area contributed by atoms with E-state index < -0.39 is 40.6 Å². The van der Waals surface area contributed by atoms with Crippen LogP contribution in [0.3, 0.4) is 0 Å². The van der Waals surface area contributed by atoms with Gasteiger partial charge in [-0.05, 0) is 25.1 Å². The largest absolute Gasteiger partial charge is 0.462 e. The molecule has 128 valence electrons. The van der Waals surface area contributed by atoms with Crippen LogP contribution in [0.25, 0.3) is 5.69 Å². The highest BCUT2D eigenvalue weighted by molar-refractivity contribution is 5.90. The fraction of sp³-hybridized carbons (Fsp3) is 0.214. The summed E-state index contributed by atoms with van der Waals surface area (Å²) in [6.07, 6.45) is -4.94. The molecule has 1 N–H and O–H groups in total. The van der Waals surface area contributed by atoms with Gasteiger partial charge in [-0.1, -0.05) is 0 Å². The second-order valence-electron chi connectivity index (χ2n) is 4.55. The zero-order valence-corrected chi connectivity index (χ0v) is 12.1. The number of hydrogen-bond donors (Lipinski definition) is 1. The summed E-state index contributed by atoms with van der Waals surface area (Å²) in [4.78, 5) is 36.7. The van der Waals surface area contributed by atoms with Crippen molar-refractivity contribution in [1.82, 2.24) is 9.55 Å². The van der Waals surface area contributed by atoms with E-state index in [-0.39, 0.29) is 22.8 Å². The van der Waals surface area contributed by atoms with Crippen LogP contribution in [0.2, 0.25) is 0 Å². The first-order chi connectivity index (χ1) is 11.1. The number of rotatable bonds is 3. The standard InChI is InChI=1S/C14H10F4N2O4/c1-2-24-12(22)7-3-4-8(15)9(5-7)20-11(21)6-10(14(16,17)18)19-13(20)23/h3-6H,2H2,1H3,(H,19,23). The third-order valence-electron chi connectivity index (χ3n) is 2.94. The minimum Gasteiger partial charge on any atom is -0.462 e. The molecule has 0 amide bonds. The van der Waals surface area contributed by atoms with E-state index in [9.17, 15) is 31.9 Å². The second kappa shape index (κ2) is 6.30. The minimum absolute atomic E-state index is 0.0341. The minimum atomic E-state index is -4.94. The van der Waals surface area contributed by atoms with Crippen LogP contribution in [-0.2, 0) is 10.9 Å². The Hall–Kier alpha value is -2.91. The molecule has 6 nitrogen and oxygen atoms in total. The first kappa shape index (κ1) is 17.4. The Morgan fingerprint density at radius 2 is 1.92 bits per heavy atom. The lowest BCUT2D eigenvalue weighted by atomic mass is 10.2. The zero-order chi connectivity index (χ0) is 18.1. The molecule has 0 saturated carbocycles. The van der Waals surface area contributed by atoms with Gasteiger partial charge in [0.05, 0.1) is 17.9 Å². The SMILES string of the molecule is CCOC(=O)c1ccc(F)c(-n2c(=O)cc(C(F)(F)F)[nH]c2=O)c1. The van der Waals surface area contributed by atoms with Crippen LogP contribution >= 0.6 is 0 Å². The Morgan fingerprint density at radius 1 is 1.25 bits per heavy atom. The summed E-state index contributed by atoms with van der Waals surface area (Å²) in [7, 11) is 0. The summed E-state index contributed by atoms with van der Waals surface area (Å²) in [5, 5.41) is 0. The van der Waals surface area contributed by atoms with Gasteiger partial charge in [0.2, 0.25) is 0 Å². The van der Waals surface area contributed by atoms with Crippen LogP contribution in [0, 0.1) is 5.82 Å². The van der Waals surface area contributed by atoms with Crippen LogP contribution in [0.4, 0.5) is 17.6 Å². The highest BCUT2D eigenvalue weighted by Crippen LogP contribution is 2.25. The van der Waals surface area contributed by atoms with E-state index in [1.807, 2.05) is 0 Å². The molecule has 0 unspecified atom stereocenters. The molecule has 0 bridgehead atoms. The number of aromatic amines is 1. The first-order valence-electron chi connectivity index (χ1n) is 6.55. The second-order valence-corrected chi connectivity index (χ2v) is 4.55. The van der Waals surface area contributed by atoms with Crippen molar-refractivity contribution in [2.75, 3.05) is 6.61 Å². The summed E-state index contributed by atoms with van der Waals surface area (Å²) in [6, 6.07) is 2.82. The monoisotopic (exact) mass is 346 g/mol. The quantitative estimate of drug-likeness (QED) is 0.679. The predicted octanol–water partition coefficient (Wildman–Crippen LogP) is 1.86. The number of alkyl halides is 3. The van der Waals surface area contributed by atoms with Crippen molar-refractivity contribution >= 4 is 5.97 Å². The maximum absolute atomic E-state index is 13.9. The van der Waals surface area contributed by atoms with Gasteiger partial charge in [-0.25, -0.2) is 18.5 Å². The number of benzene rings is 1. The molecule has 1 aromatic heterocycles. The average Bonchev–Trinajstić information content (AvgIpc) is 2.47. The number of carbonyl (C=O) groups is 1. The van der Waals surface area contributed by atoms with Gasteiger partial charge in [0, 0.05) is 6.07 Å². The Labute approximate surface area is 131 Å². The third-order valence-corrected chi connectivity index (χ3v) is 2.94. The number of carbonyl (C=O) groups excluding carboxylic acids is 1. The van der Waals surface area contributed by atoms with Gasteiger partial charge in [0.15, 0.2) is 0 Å². The fourth-order valence-corrected chi connectivity index (χ4v) is 1.90. The number of aromatic nitrogens is 2. The van der Waals surface area contributed by atoms with Crippen LogP contribution < -0.4 is 11.2 Å². The lowest BCUT2D eigenvalue weighted by Crippen LogP contribution is -2.36.